The number of rotatable bonds is 9. The Morgan fingerprint density at radius 2 is 1.77 bits per heavy atom. The fourth-order valence-corrected chi connectivity index (χ4v) is 5.89. The third-order valence-electron chi connectivity index (χ3n) is 7.46. The predicted octanol–water partition coefficient (Wildman–Crippen LogP) is 5.55. The second-order valence-electron chi connectivity index (χ2n) is 10.3. The van der Waals surface area contributed by atoms with Crippen molar-refractivity contribution >= 4 is 26.5 Å². The zero-order valence-electron chi connectivity index (χ0n) is 22.4. The number of aliphatic hydroxyl groups is 1. The van der Waals surface area contributed by atoms with E-state index in [1.165, 1.54) is 12.1 Å². The molecule has 1 aromatic heterocycles. The first-order chi connectivity index (χ1) is 18.9. The maximum atomic E-state index is 13.1. The molecule has 2 aromatic carbocycles. The number of carbonyl (C=O) groups excluding carboxylic acids is 1. The number of fused-ring (bicyclic) bond motifs is 1. The monoisotopic (exact) mass is 578 g/mol. The quantitative estimate of drug-likeness (QED) is 0.345. The van der Waals surface area contributed by atoms with E-state index in [1.54, 1.807) is 44.2 Å². The van der Waals surface area contributed by atoms with Gasteiger partial charge >= 0.3 is 6.18 Å². The molecule has 4 rings (SSSR count). The summed E-state index contributed by atoms with van der Waals surface area (Å²) in [6.45, 7) is 3.24. The number of benzene rings is 2. The van der Waals surface area contributed by atoms with Crippen LogP contribution in [-0.2, 0) is 9.84 Å². The van der Waals surface area contributed by atoms with E-state index < -0.39 is 33.9 Å². The molecule has 3 aromatic rings. The molecule has 1 unspecified atom stereocenters. The third-order valence-corrected chi connectivity index (χ3v) is 9.21. The first-order valence-electron chi connectivity index (χ1n) is 13.3. The average molecular weight is 579 g/mol. The molecule has 1 saturated carbocycles. The van der Waals surface area contributed by atoms with Crippen LogP contribution in [0.5, 0.6) is 5.88 Å². The normalized spacial score (nSPS) is 18.9. The standard InChI is InChI=1S/C29H33F3N2O5S/c1-3-40(37,38)24-11-6-20(7-12-24)26(16-35)34-27(36)21-8-13-25-22(15-21)14-18(2)33-28(25)39-17-19-4-9-23(10-5-19)29(30,31)32/h6-8,11-15,19,23,26,35H,3-5,9-10,16-17H2,1-2H3,(H,34,36)/t19-,23-,26?. The molecule has 1 aliphatic rings. The van der Waals surface area contributed by atoms with Crippen molar-refractivity contribution in [3.8, 4) is 5.88 Å². The van der Waals surface area contributed by atoms with Gasteiger partial charge in [-0.2, -0.15) is 13.2 Å². The number of hydrogen-bond donors (Lipinski definition) is 2. The molecule has 1 atom stereocenters. The van der Waals surface area contributed by atoms with E-state index in [1.807, 2.05) is 6.07 Å². The van der Waals surface area contributed by atoms with Gasteiger partial charge in [-0.15, -0.1) is 0 Å². The molecule has 0 spiro atoms. The number of alkyl halides is 3. The van der Waals surface area contributed by atoms with E-state index in [-0.39, 0.29) is 42.6 Å². The van der Waals surface area contributed by atoms with Crippen molar-refractivity contribution < 1.29 is 36.2 Å². The van der Waals surface area contributed by atoms with Crippen LogP contribution in [-0.4, -0.2) is 49.6 Å². The minimum absolute atomic E-state index is 0.0209. The Kier molecular flexibility index (Phi) is 9.04. The smallest absolute Gasteiger partial charge is 0.391 e. The number of hydrogen-bond acceptors (Lipinski definition) is 6. The van der Waals surface area contributed by atoms with Gasteiger partial charge in [0.25, 0.3) is 5.91 Å². The van der Waals surface area contributed by atoms with E-state index in [4.69, 9.17) is 4.74 Å². The molecule has 2 N–H and O–H groups in total. The maximum absolute atomic E-state index is 13.1. The summed E-state index contributed by atoms with van der Waals surface area (Å²) < 4.78 is 69.0. The van der Waals surface area contributed by atoms with Crippen LogP contribution in [0.3, 0.4) is 0 Å². The number of nitrogens with zero attached hydrogens (tertiary/aromatic N) is 1. The van der Waals surface area contributed by atoms with Crippen molar-refractivity contribution in [2.75, 3.05) is 19.0 Å². The lowest BCUT2D eigenvalue weighted by Gasteiger charge is -2.29. The Morgan fingerprint density at radius 1 is 1.10 bits per heavy atom. The Morgan fingerprint density at radius 3 is 2.38 bits per heavy atom. The zero-order valence-corrected chi connectivity index (χ0v) is 23.2. The van der Waals surface area contributed by atoms with Crippen molar-refractivity contribution in [2.24, 2.45) is 11.8 Å². The lowest BCUT2D eigenvalue weighted by molar-refractivity contribution is -0.184. The minimum Gasteiger partial charge on any atom is -0.477 e. The Bertz CT molecular complexity index is 1450. The van der Waals surface area contributed by atoms with Crippen LogP contribution >= 0.6 is 0 Å². The molecule has 1 amide bonds. The zero-order chi connectivity index (χ0) is 29.1. The van der Waals surface area contributed by atoms with Gasteiger partial charge in [0, 0.05) is 16.6 Å². The summed E-state index contributed by atoms with van der Waals surface area (Å²) >= 11 is 0. The van der Waals surface area contributed by atoms with Gasteiger partial charge in [-0.3, -0.25) is 4.79 Å². The summed E-state index contributed by atoms with van der Waals surface area (Å²) in [5, 5.41) is 14.1. The van der Waals surface area contributed by atoms with E-state index in [0.717, 1.165) is 0 Å². The number of aromatic nitrogens is 1. The van der Waals surface area contributed by atoms with Gasteiger partial charge in [0.2, 0.25) is 5.88 Å². The Labute approximate surface area is 231 Å². The second kappa shape index (κ2) is 12.1. The molecule has 0 aliphatic heterocycles. The molecule has 1 heterocycles. The molecule has 0 radical (unpaired) electrons. The van der Waals surface area contributed by atoms with E-state index >= 15 is 0 Å². The Balaban J connectivity index is 1.45. The summed E-state index contributed by atoms with van der Waals surface area (Å²) in [6.07, 6.45) is -3.05. The summed E-state index contributed by atoms with van der Waals surface area (Å²) in [7, 11) is -3.37. The van der Waals surface area contributed by atoms with Crippen LogP contribution in [0.15, 0.2) is 53.4 Å². The lowest BCUT2D eigenvalue weighted by Crippen LogP contribution is -2.30. The van der Waals surface area contributed by atoms with Crippen molar-refractivity contribution in [1.29, 1.82) is 0 Å². The van der Waals surface area contributed by atoms with Crippen molar-refractivity contribution in [1.82, 2.24) is 10.3 Å². The number of pyridine rings is 1. The van der Waals surface area contributed by atoms with E-state index in [9.17, 15) is 31.5 Å². The fourth-order valence-electron chi connectivity index (χ4n) is 5.01. The number of aryl methyl sites for hydroxylation is 1. The molecule has 11 heteroatoms. The minimum atomic E-state index is -4.15. The van der Waals surface area contributed by atoms with Gasteiger partial charge in [0.15, 0.2) is 9.84 Å². The van der Waals surface area contributed by atoms with Gasteiger partial charge < -0.3 is 15.2 Å². The average Bonchev–Trinajstić information content (AvgIpc) is 2.93. The van der Waals surface area contributed by atoms with Crippen molar-refractivity contribution in [2.45, 2.75) is 56.6 Å². The SMILES string of the molecule is CCS(=O)(=O)c1ccc(C(CO)NC(=O)c2ccc3c(OC[C@H]4CC[C@H](C(F)(F)F)CC4)nc(C)cc3c2)cc1. The van der Waals surface area contributed by atoms with Gasteiger partial charge in [-0.25, -0.2) is 13.4 Å². The van der Waals surface area contributed by atoms with E-state index in [2.05, 4.69) is 10.3 Å². The number of amides is 1. The van der Waals surface area contributed by atoms with Crippen LogP contribution in [0.4, 0.5) is 13.2 Å². The van der Waals surface area contributed by atoms with Gasteiger partial charge in [0.05, 0.1) is 35.8 Å². The number of carbonyl (C=O) groups is 1. The topological polar surface area (TPSA) is 106 Å². The predicted molar refractivity (Wildman–Crippen MR) is 145 cm³/mol. The maximum Gasteiger partial charge on any atom is 0.391 e. The summed E-state index contributed by atoms with van der Waals surface area (Å²) in [5.41, 5.74) is 1.57. The molecular weight excluding hydrogens is 545 g/mol. The van der Waals surface area contributed by atoms with Gasteiger partial charge in [-0.05, 0) is 85.9 Å². The Hall–Kier alpha value is -3.18. The summed E-state index contributed by atoms with van der Waals surface area (Å²) in [4.78, 5) is 17.7. The van der Waals surface area contributed by atoms with Crippen LogP contribution in [0.25, 0.3) is 10.8 Å². The molecule has 216 valence electrons. The lowest BCUT2D eigenvalue weighted by atomic mass is 9.82. The highest BCUT2D eigenvalue weighted by atomic mass is 32.2. The first-order valence-corrected chi connectivity index (χ1v) is 14.9. The van der Waals surface area contributed by atoms with Crippen molar-refractivity contribution in [3.05, 3.63) is 65.4 Å². The summed E-state index contributed by atoms with van der Waals surface area (Å²) in [5.74, 6) is -1.31. The van der Waals surface area contributed by atoms with Crippen LogP contribution in [0.1, 0.15) is 60.3 Å². The van der Waals surface area contributed by atoms with Crippen LogP contribution < -0.4 is 10.1 Å². The number of nitrogens with one attached hydrogen (secondary N) is 1. The van der Waals surface area contributed by atoms with Gasteiger partial charge in [-0.1, -0.05) is 19.1 Å². The van der Waals surface area contributed by atoms with Gasteiger partial charge in [0.1, 0.15) is 0 Å². The van der Waals surface area contributed by atoms with Crippen LogP contribution in [0.2, 0.25) is 0 Å². The molecule has 0 saturated heterocycles. The number of halogens is 3. The largest absolute Gasteiger partial charge is 0.477 e. The third kappa shape index (κ3) is 6.93. The molecule has 40 heavy (non-hydrogen) atoms. The first kappa shape index (κ1) is 29.8. The highest BCUT2D eigenvalue weighted by Crippen LogP contribution is 2.39. The molecule has 1 aliphatic carbocycles. The number of ether oxygens (including phenoxy) is 1. The summed E-state index contributed by atoms with van der Waals surface area (Å²) in [6, 6.07) is 12.1. The molecule has 7 nitrogen and oxygen atoms in total. The fraction of sp³-hybridized carbons (Fsp3) is 0.448. The highest BCUT2D eigenvalue weighted by Gasteiger charge is 2.41. The van der Waals surface area contributed by atoms with Crippen LogP contribution in [0, 0.1) is 18.8 Å². The number of aliphatic hydroxyl groups excluding tert-OH is 1. The number of sulfone groups is 1. The highest BCUT2D eigenvalue weighted by molar-refractivity contribution is 7.91. The van der Waals surface area contributed by atoms with E-state index in [0.29, 0.717) is 46.3 Å². The van der Waals surface area contributed by atoms with Crippen molar-refractivity contribution in [3.63, 3.8) is 0 Å². The second-order valence-corrected chi connectivity index (χ2v) is 12.5. The molecule has 0 bridgehead atoms. The molecule has 1 fully saturated rings. The molecular formula is C29H33F3N2O5S.